The van der Waals surface area contributed by atoms with Crippen LogP contribution in [0.4, 0.5) is 5.69 Å². The third-order valence-electron chi connectivity index (χ3n) is 1.55. The van der Waals surface area contributed by atoms with Crippen molar-refractivity contribution in [3.05, 3.63) is 16.0 Å². The van der Waals surface area contributed by atoms with Crippen molar-refractivity contribution in [1.29, 1.82) is 5.26 Å². The van der Waals surface area contributed by atoms with E-state index >= 15 is 0 Å². The van der Waals surface area contributed by atoms with Crippen LogP contribution >= 0.6 is 0 Å². The normalized spacial score (nSPS) is 10.4. The molecule has 1 aromatic rings. The number of aryl methyl sites for hydroxylation is 1. The van der Waals surface area contributed by atoms with Gasteiger partial charge in [-0.3, -0.25) is 14.6 Å². The number of nitrogens with one attached hydrogen (secondary N) is 1. The van der Waals surface area contributed by atoms with E-state index in [0.717, 1.165) is 0 Å². The Morgan fingerprint density at radius 1 is 1.64 bits per heavy atom. The first kappa shape index (κ1) is 10.1. The number of aromatic amines is 1. The molecule has 0 saturated carbocycles. The first-order valence-corrected chi connectivity index (χ1v) is 3.96. The molecular weight excluding hydrogens is 182 g/mol. The standard InChI is InChI=1S/C8H11N5O/c1-12(2)5-10-7-6(4-9)11-13(3)8(7)14/h5,11H,1-3H3. The van der Waals surface area contributed by atoms with E-state index in [1.807, 2.05) is 6.07 Å². The Bertz CT molecular complexity index is 445. The number of H-pyrrole nitrogens is 1. The van der Waals surface area contributed by atoms with Gasteiger partial charge in [0.05, 0.1) is 6.34 Å². The Labute approximate surface area is 81.1 Å². The lowest BCUT2D eigenvalue weighted by Crippen LogP contribution is -2.12. The fraction of sp³-hybridized carbons (Fsp3) is 0.375. The van der Waals surface area contributed by atoms with E-state index in [-0.39, 0.29) is 16.9 Å². The molecule has 1 N–H and O–H groups in total. The monoisotopic (exact) mass is 193 g/mol. The van der Waals surface area contributed by atoms with Crippen LogP contribution in [0.5, 0.6) is 0 Å². The molecule has 0 unspecified atom stereocenters. The van der Waals surface area contributed by atoms with Crippen LogP contribution in [0.3, 0.4) is 0 Å². The van der Waals surface area contributed by atoms with Gasteiger partial charge < -0.3 is 4.90 Å². The highest BCUT2D eigenvalue weighted by molar-refractivity contribution is 5.62. The molecule has 1 rings (SSSR count). The summed E-state index contributed by atoms with van der Waals surface area (Å²) in [4.78, 5) is 17.0. The van der Waals surface area contributed by atoms with Crippen molar-refractivity contribution >= 4 is 12.0 Å². The summed E-state index contributed by atoms with van der Waals surface area (Å²) in [5.41, 5.74) is 0.0129. The topological polar surface area (TPSA) is 77.2 Å². The summed E-state index contributed by atoms with van der Waals surface area (Å²) in [5, 5.41) is 11.3. The Hall–Kier alpha value is -2.03. The summed E-state index contributed by atoms with van der Waals surface area (Å²) < 4.78 is 1.22. The molecule has 0 radical (unpaired) electrons. The third kappa shape index (κ3) is 1.82. The first-order chi connectivity index (χ1) is 6.56. The zero-order valence-electron chi connectivity index (χ0n) is 8.27. The minimum Gasteiger partial charge on any atom is -0.369 e. The molecule has 0 amide bonds. The second-order valence-electron chi connectivity index (χ2n) is 3.02. The van der Waals surface area contributed by atoms with Crippen LogP contribution in [-0.4, -0.2) is 35.1 Å². The van der Waals surface area contributed by atoms with Crippen LogP contribution in [0.2, 0.25) is 0 Å². The number of rotatable bonds is 2. The van der Waals surface area contributed by atoms with Crippen LogP contribution in [0.25, 0.3) is 0 Å². The van der Waals surface area contributed by atoms with Crippen LogP contribution in [-0.2, 0) is 7.05 Å². The summed E-state index contributed by atoms with van der Waals surface area (Å²) in [5.74, 6) is 0. The zero-order chi connectivity index (χ0) is 10.7. The van der Waals surface area contributed by atoms with Crippen LogP contribution in [0, 0.1) is 11.3 Å². The van der Waals surface area contributed by atoms with Crippen LogP contribution in [0.15, 0.2) is 9.79 Å². The van der Waals surface area contributed by atoms with Gasteiger partial charge in [-0.25, -0.2) is 4.99 Å². The van der Waals surface area contributed by atoms with Gasteiger partial charge in [0.25, 0.3) is 5.56 Å². The van der Waals surface area contributed by atoms with Crippen molar-refractivity contribution < 1.29 is 0 Å². The minimum atomic E-state index is -0.306. The van der Waals surface area contributed by atoms with Crippen molar-refractivity contribution in [2.45, 2.75) is 0 Å². The van der Waals surface area contributed by atoms with Gasteiger partial charge in [-0.2, -0.15) is 5.26 Å². The average Bonchev–Trinajstić information content (AvgIpc) is 2.40. The lowest BCUT2D eigenvalue weighted by atomic mass is 10.4. The largest absolute Gasteiger partial charge is 0.369 e. The summed E-state index contributed by atoms with van der Waals surface area (Å²) in [7, 11) is 5.11. The summed E-state index contributed by atoms with van der Waals surface area (Å²) in [6.45, 7) is 0. The second kappa shape index (κ2) is 3.79. The van der Waals surface area contributed by atoms with E-state index in [2.05, 4.69) is 10.1 Å². The number of aromatic nitrogens is 2. The Morgan fingerprint density at radius 3 is 2.79 bits per heavy atom. The van der Waals surface area contributed by atoms with Gasteiger partial charge in [-0.1, -0.05) is 0 Å². The Balaban J connectivity index is 3.21. The molecule has 0 aliphatic carbocycles. The molecule has 0 spiro atoms. The maximum absolute atomic E-state index is 11.4. The molecule has 14 heavy (non-hydrogen) atoms. The van der Waals surface area contributed by atoms with Gasteiger partial charge in [0.1, 0.15) is 6.07 Å². The fourth-order valence-corrected chi connectivity index (χ4v) is 0.908. The zero-order valence-corrected chi connectivity index (χ0v) is 8.27. The summed E-state index contributed by atoms with van der Waals surface area (Å²) in [6, 6.07) is 1.87. The highest BCUT2D eigenvalue weighted by Crippen LogP contribution is 2.08. The molecule has 0 atom stereocenters. The molecule has 0 aliphatic heterocycles. The molecule has 74 valence electrons. The first-order valence-electron chi connectivity index (χ1n) is 3.96. The highest BCUT2D eigenvalue weighted by atomic mass is 16.1. The lowest BCUT2D eigenvalue weighted by molar-refractivity contribution is 0.643. The van der Waals surface area contributed by atoms with E-state index in [0.29, 0.717) is 0 Å². The van der Waals surface area contributed by atoms with Crippen LogP contribution < -0.4 is 5.56 Å². The van der Waals surface area contributed by atoms with Crippen molar-refractivity contribution in [2.75, 3.05) is 14.1 Å². The molecule has 1 aromatic heterocycles. The van der Waals surface area contributed by atoms with Gasteiger partial charge in [0.15, 0.2) is 11.4 Å². The molecule has 6 nitrogen and oxygen atoms in total. The third-order valence-corrected chi connectivity index (χ3v) is 1.55. The van der Waals surface area contributed by atoms with Gasteiger partial charge >= 0.3 is 0 Å². The molecule has 0 saturated heterocycles. The van der Waals surface area contributed by atoms with Crippen molar-refractivity contribution in [3.63, 3.8) is 0 Å². The predicted octanol–water partition coefficient (Wildman–Crippen LogP) is -0.194. The number of hydrogen-bond acceptors (Lipinski definition) is 3. The smallest absolute Gasteiger partial charge is 0.293 e. The molecule has 0 aromatic carbocycles. The maximum Gasteiger partial charge on any atom is 0.293 e. The average molecular weight is 193 g/mol. The highest BCUT2D eigenvalue weighted by Gasteiger charge is 2.09. The van der Waals surface area contributed by atoms with E-state index in [1.165, 1.54) is 18.1 Å². The maximum atomic E-state index is 11.4. The van der Waals surface area contributed by atoms with Gasteiger partial charge in [-0.15, -0.1) is 0 Å². The van der Waals surface area contributed by atoms with Crippen molar-refractivity contribution in [1.82, 2.24) is 14.7 Å². The van der Waals surface area contributed by atoms with E-state index in [1.54, 1.807) is 19.0 Å². The minimum absolute atomic E-state index is 0.142. The number of nitriles is 1. The second-order valence-corrected chi connectivity index (χ2v) is 3.02. The van der Waals surface area contributed by atoms with Crippen molar-refractivity contribution in [2.24, 2.45) is 12.0 Å². The molecular formula is C8H11N5O. The van der Waals surface area contributed by atoms with E-state index < -0.39 is 0 Å². The van der Waals surface area contributed by atoms with Gasteiger partial charge in [0, 0.05) is 21.1 Å². The number of aliphatic imine (C=N–C) groups is 1. The van der Waals surface area contributed by atoms with Crippen LogP contribution in [0.1, 0.15) is 5.69 Å². The lowest BCUT2D eigenvalue weighted by Gasteiger charge is -2.00. The molecule has 0 fully saturated rings. The Kier molecular flexibility index (Phi) is 2.72. The molecule has 0 aliphatic rings. The fourth-order valence-electron chi connectivity index (χ4n) is 0.908. The summed E-state index contributed by atoms with van der Waals surface area (Å²) >= 11 is 0. The van der Waals surface area contributed by atoms with Gasteiger partial charge in [0.2, 0.25) is 0 Å². The summed E-state index contributed by atoms with van der Waals surface area (Å²) in [6.07, 6.45) is 1.48. The van der Waals surface area contributed by atoms with E-state index in [4.69, 9.17) is 5.26 Å². The quantitative estimate of drug-likeness (QED) is 0.522. The molecule has 0 bridgehead atoms. The van der Waals surface area contributed by atoms with Gasteiger partial charge in [-0.05, 0) is 0 Å². The van der Waals surface area contributed by atoms with E-state index in [9.17, 15) is 4.79 Å². The SMILES string of the molecule is CN(C)C=Nc1c(C#N)[nH]n(C)c1=O. The van der Waals surface area contributed by atoms with Crippen molar-refractivity contribution in [3.8, 4) is 6.07 Å². The molecule has 6 heteroatoms. The predicted molar refractivity (Wildman–Crippen MR) is 52.6 cm³/mol. The number of hydrogen-bond donors (Lipinski definition) is 1. The number of nitrogens with zero attached hydrogens (tertiary/aromatic N) is 4. The molecule has 1 heterocycles. The Morgan fingerprint density at radius 2 is 2.29 bits per heavy atom.